The van der Waals surface area contributed by atoms with E-state index in [9.17, 15) is 15.4 Å². The van der Waals surface area contributed by atoms with Gasteiger partial charge in [0.25, 0.3) is 5.69 Å². The van der Waals surface area contributed by atoms with E-state index in [0.29, 0.717) is 22.6 Å². The number of nitriles is 1. The Balaban J connectivity index is 2.03. The van der Waals surface area contributed by atoms with Crippen molar-refractivity contribution < 1.29 is 14.4 Å². The van der Waals surface area contributed by atoms with Gasteiger partial charge in [0, 0.05) is 17.1 Å². The molecule has 0 saturated carbocycles. The largest absolute Gasteiger partial charge is 0.496 e. The number of fused-ring (bicyclic) bond motifs is 1. The third kappa shape index (κ3) is 3.13. The summed E-state index contributed by atoms with van der Waals surface area (Å²) in [5.41, 5.74) is 1.51. The maximum absolute atomic E-state index is 11.2. The molecule has 3 rings (SSSR count). The summed E-state index contributed by atoms with van der Waals surface area (Å²) >= 11 is 0. The first-order chi connectivity index (χ1) is 12.5. The number of pyridine rings is 1. The van der Waals surface area contributed by atoms with Crippen LogP contribution in [0.25, 0.3) is 10.9 Å². The molecule has 0 N–H and O–H groups in total. The number of aryl methyl sites for hydroxylation is 1. The Morgan fingerprint density at radius 1 is 1.19 bits per heavy atom. The van der Waals surface area contributed by atoms with E-state index in [1.807, 2.05) is 37.3 Å². The van der Waals surface area contributed by atoms with Gasteiger partial charge in [0.1, 0.15) is 35.3 Å². The maximum atomic E-state index is 11.2. The van der Waals surface area contributed by atoms with Crippen LogP contribution < -0.4 is 9.47 Å². The summed E-state index contributed by atoms with van der Waals surface area (Å²) < 4.78 is 11.1. The van der Waals surface area contributed by atoms with Gasteiger partial charge in [0.15, 0.2) is 0 Å². The van der Waals surface area contributed by atoms with Gasteiger partial charge < -0.3 is 9.47 Å². The number of hydrogen-bond donors (Lipinski definition) is 0. The van der Waals surface area contributed by atoms with Crippen LogP contribution in [0.2, 0.25) is 0 Å². The molecule has 3 aromatic rings. The van der Waals surface area contributed by atoms with Crippen molar-refractivity contribution in [3.63, 3.8) is 0 Å². The molecule has 0 bridgehead atoms. The van der Waals surface area contributed by atoms with Crippen molar-refractivity contribution in [1.82, 2.24) is 4.98 Å². The SMILES string of the molecule is COc1ccc([N+](=O)[O-])c(C#N)c1COc1cccc2ccc(C)nc12. The molecule has 0 saturated heterocycles. The van der Waals surface area contributed by atoms with Gasteiger partial charge in [0.2, 0.25) is 0 Å². The predicted octanol–water partition coefficient (Wildman–Crippen LogP) is 3.91. The second kappa shape index (κ2) is 7.07. The van der Waals surface area contributed by atoms with E-state index in [4.69, 9.17) is 9.47 Å². The standard InChI is InChI=1S/C19H15N3O4/c1-12-6-7-13-4-3-5-18(19(13)21-12)26-11-15-14(10-20)16(22(23)24)8-9-17(15)25-2/h3-9H,11H2,1-2H3. The van der Waals surface area contributed by atoms with E-state index in [1.54, 1.807) is 6.07 Å². The van der Waals surface area contributed by atoms with E-state index in [0.717, 1.165) is 11.1 Å². The lowest BCUT2D eigenvalue weighted by Crippen LogP contribution is -2.05. The third-order valence-corrected chi connectivity index (χ3v) is 3.97. The Bertz CT molecular complexity index is 1040. The van der Waals surface area contributed by atoms with Gasteiger partial charge in [-0.15, -0.1) is 0 Å². The van der Waals surface area contributed by atoms with Crippen molar-refractivity contribution in [3.05, 3.63) is 69.4 Å². The molecule has 26 heavy (non-hydrogen) atoms. The van der Waals surface area contributed by atoms with Gasteiger partial charge in [-0.05, 0) is 25.1 Å². The second-order valence-electron chi connectivity index (χ2n) is 5.58. The first-order valence-corrected chi connectivity index (χ1v) is 7.78. The van der Waals surface area contributed by atoms with Gasteiger partial charge in [-0.2, -0.15) is 5.26 Å². The highest BCUT2D eigenvalue weighted by atomic mass is 16.6. The molecule has 0 aliphatic rings. The van der Waals surface area contributed by atoms with Crippen LogP contribution in [0.15, 0.2) is 42.5 Å². The van der Waals surface area contributed by atoms with Gasteiger partial charge in [-0.1, -0.05) is 18.2 Å². The van der Waals surface area contributed by atoms with Gasteiger partial charge >= 0.3 is 0 Å². The quantitative estimate of drug-likeness (QED) is 0.511. The number of benzene rings is 2. The van der Waals surface area contributed by atoms with E-state index in [1.165, 1.54) is 19.2 Å². The smallest absolute Gasteiger partial charge is 0.287 e. The number of aromatic nitrogens is 1. The van der Waals surface area contributed by atoms with Crippen LogP contribution in [0.1, 0.15) is 16.8 Å². The molecule has 0 aliphatic heterocycles. The Morgan fingerprint density at radius 2 is 2.00 bits per heavy atom. The highest BCUT2D eigenvalue weighted by Gasteiger charge is 2.22. The first-order valence-electron chi connectivity index (χ1n) is 7.78. The molecule has 0 amide bonds. The Labute approximate surface area is 149 Å². The monoisotopic (exact) mass is 349 g/mol. The van der Waals surface area contributed by atoms with Gasteiger partial charge in [0.05, 0.1) is 17.6 Å². The van der Waals surface area contributed by atoms with Crippen LogP contribution in [0.3, 0.4) is 0 Å². The third-order valence-electron chi connectivity index (χ3n) is 3.97. The molecule has 0 unspecified atom stereocenters. The summed E-state index contributed by atoms with van der Waals surface area (Å²) in [5, 5.41) is 21.5. The minimum absolute atomic E-state index is 0.0531. The number of nitro groups is 1. The van der Waals surface area contributed by atoms with Crippen molar-refractivity contribution in [1.29, 1.82) is 5.26 Å². The maximum Gasteiger partial charge on any atom is 0.287 e. The molecule has 0 spiro atoms. The fraction of sp³-hybridized carbons (Fsp3) is 0.158. The van der Waals surface area contributed by atoms with E-state index < -0.39 is 4.92 Å². The zero-order valence-electron chi connectivity index (χ0n) is 14.2. The van der Waals surface area contributed by atoms with Crippen molar-refractivity contribution in [2.45, 2.75) is 13.5 Å². The molecular formula is C19H15N3O4. The summed E-state index contributed by atoms with van der Waals surface area (Å²) in [7, 11) is 1.44. The van der Waals surface area contributed by atoms with E-state index in [2.05, 4.69) is 4.98 Å². The molecule has 1 aromatic heterocycles. The average Bonchev–Trinajstić information content (AvgIpc) is 2.65. The zero-order valence-corrected chi connectivity index (χ0v) is 14.2. The number of rotatable bonds is 5. The van der Waals surface area contributed by atoms with Crippen molar-refractivity contribution in [2.75, 3.05) is 7.11 Å². The van der Waals surface area contributed by atoms with Gasteiger partial charge in [-0.25, -0.2) is 4.98 Å². The normalized spacial score (nSPS) is 10.3. The number of methoxy groups -OCH3 is 1. The first kappa shape index (κ1) is 17.2. The summed E-state index contributed by atoms with van der Waals surface area (Å²) in [6.07, 6.45) is 0. The number of nitro benzene ring substituents is 1. The molecule has 7 heteroatoms. The molecular weight excluding hydrogens is 334 g/mol. The Hall–Kier alpha value is -3.66. The van der Waals surface area contributed by atoms with E-state index in [-0.39, 0.29) is 17.9 Å². The summed E-state index contributed by atoms with van der Waals surface area (Å²) in [6, 6.07) is 14.0. The Morgan fingerprint density at radius 3 is 2.69 bits per heavy atom. The van der Waals surface area contributed by atoms with Crippen molar-refractivity contribution in [3.8, 4) is 17.6 Å². The molecule has 0 fully saturated rings. The lowest BCUT2D eigenvalue weighted by molar-refractivity contribution is -0.385. The average molecular weight is 349 g/mol. The topological polar surface area (TPSA) is 98.3 Å². The lowest BCUT2D eigenvalue weighted by atomic mass is 10.1. The minimum atomic E-state index is -0.593. The molecule has 0 radical (unpaired) electrons. The van der Waals surface area contributed by atoms with Crippen LogP contribution >= 0.6 is 0 Å². The number of para-hydroxylation sites is 1. The number of ether oxygens (including phenoxy) is 2. The fourth-order valence-corrected chi connectivity index (χ4v) is 2.71. The second-order valence-corrected chi connectivity index (χ2v) is 5.58. The molecule has 0 atom stereocenters. The van der Waals surface area contributed by atoms with Crippen LogP contribution in [-0.4, -0.2) is 17.0 Å². The summed E-state index contributed by atoms with van der Waals surface area (Å²) in [6.45, 7) is 1.83. The molecule has 1 heterocycles. The summed E-state index contributed by atoms with van der Waals surface area (Å²) in [5.74, 6) is 0.889. The van der Waals surface area contributed by atoms with Gasteiger partial charge in [-0.3, -0.25) is 10.1 Å². The molecule has 130 valence electrons. The van der Waals surface area contributed by atoms with Crippen LogP contribution in [0.5, 0.6) is 11.5 Å². The molecule has 2 aromatic carbocycles. The number of nitrogens with zero attached hydrogens (tertiary/aromatic N) is 3. The minimum Gasteiger partial charge on any atom is -0.496 e. The Kier molecular flexibility index (Phi) is 4.67. The predicted molar refractivity (Wildman–Crippen MR) is 95.2 cm³/mol. The van der Waals surface area contributed by atoms with Crippen molar-refractivity contribution in [2.24, 2.45) is 0 Å². The zero-order chi connectivity index (χ0) is 18.7. The lowest BCUT2D eigenvalue weighted by Gasteiger charge is -2.13. The highest BCUT2D eigenvalue weighted by Crippen LogP contribution is 2.32. The van der Waals surface area contributed by atoms with Crippen LogP contribution in [0.4, 0.5) is 5.69 Å². The molecule has 7 nitrogen and oxygen atoms in total. The summed E-state index contributed by atoms with van der Waals surface area (Å²) in [4.78, 5) is 15.1. The fourth-order valence-electron chi connectivity index (χ4n) is 2.71. The molecule has 0 aliphatic carbocycles. The van der Waals surface area contributed by atoms with E-state index >= 15 is 0 Å². The highest BCUT2D eigenvalue weighted by molar-refractivity contribution is 5.84. The van der Waals surface area contributed by atoms with Crippen LogP contribution in [-0.2, 0) is 6.61 Å². The van der Waals surface area contributed by atoms with Crippen LogP contribution in [0, 0.1) is 28.4 Å². The van der Waals surface area contributed by atoms with Crippen molar-refractivity contribution >= 4 is 16.6 Å². The number of hydrogen-bond acceptors (Lipinski definition) is 6.